The first-order chi connectivity index (χ1) is 6.96. The molecule has 1 heteroatoms. The average molecular weight is 201 g/mol. The maximum absolute atomic E-state index is 4.16. The molecule has 1 aromatic rings. The number of fused-ring (bicyclic) bond motifs is 1. The van der Waals surface area contributed by atoms with Gasteiger partial charge in [0, 0.05) is 16.8 Å². The van der Waals surface area contributed by atoms with Gasteiger partial charge in [-0.3, -0.25) is 0 Å². The number of rotatable bonds is 1. The predicted molar refractivity (Wildman–Crippen MR) is 66.1 cm³/mol. The van der Waals surface area contributed by atoms with E-state index in [0.29, 0.717) is 5.92 Å². The fourth-order valence-electron chi connectivity index (χ4n) is 2.33. The predicted octanol–water partition coefficient (Wildman–Crippen LogP) is 3.85. The number of benzene rings is 1. The Hall–Kier alpha value is -1.24. The van der Waals surface area contributed by atoms with Crippen LogP contribution in [0.4, 0.5) is 5.69 Å². The maximum atomic E-state index is 4.16. The first kappa shape index (κ1) is 10.3. The molecule has 80 valence electrons. The quantitative estimate of drug-likeness (QED) is 0.727. The van der Waals surface area contributed by atoms with Crippen LogP contribution in [0.15, 0.2) is 30.5 Å². The van der Waals surface area contributed by atoms with Gasteiger partial charge in [0.05, 0.1) is 0 Å². The minimum Gasteiger partial charge on any atom is -0.358 e. The zero-order valence-electron chi connectivity index (χ0n) is 10.0. The fraction of sp³-hybridized carbons (Fsp3) is 0.429. The van der Waals surface area contributed by atoms with Crippen LogP contribution in [0, 0.1) is 12.8 Å². The summed E-state index contributed by atoms with van der Waals surface area (Å²) in [4.78, 5) is 0. The highest BCUT2D eigenvalue weighted by molar-refractivity contribution is 5.68. The van der Waals surface area contributed by atoms with E-state index in [2.05, 4.69) is 57.8 Å². The molecule has 0 aliphatic carbocycles. The van der Waals surface area contributed by atoms with E-state index in [1.807, 2.05) is 0 Å². The number of anilines is 1. The number of allylic oxidation sites excluding steroid dienone is 1. The third kappa shape index (κ3) is 1.30. The lowest BCUT2D eigenvalue weighted by Gasteiger charge is -2.30. The summed E-state index contributed by atoms with van der Waals surface area (Å²) in [5, 5.41) is 3.42. The summed E-state index contributed by atoms with van der Waals surface area (Å²) in [6, 6.07) is 6.61. The lowest BCUT2D eigenvalue weighted by molar-refractivity contribution is 0.412. The molecule has 1 aliphatic rings. The topological polar surface area (TPSA) is 12.0 Å². The maximum Gasteiger partial charge on any atom is 0.0426 e. The van der Waals surface area contributed by atoms with Crippen molar-refractivity contribution in [1.29, 1.82) is 0 Å². The van der Waals surface area contributed by atoms with Gasteiger partial charge in [-0.15, -0.1) is 0 Å². The first-order valence-corrected chi connectivity index (χ1v) is 5.53. The van der Waals surface area contributed by atoms with Crippen LogP contribution in [0.5, 0.6) is 0 Å². The van der Waals surface area contributed by atoms with Crippen LogP contribution in [0.25, 0.3) is 0 Å². The Balaban J connectivity index is 2.60. The normalized spacial score (nSPS) is 24.2. The van der Waals surface area contributed by atoms with Crippen LogP contribution in [0.1, 0.15) is 31.9 Å². The van der Waals surface area contributed by atoms with Gasteiger partial charge < -0.3 is 5.32 Å². The highest BCUT2D eigenvalue weighted by atomic mass is 15.0. The Morgan fingerprint density at radius 2 is 2.00 bits per heavy atom. The summed E-state index contributed by atoms with van der Waals surface area (Å²) in [5.74, 6) is 0.557. The highest BCUT2D eigenvalue weighted by Gasteiger charge is 2.40. The molecule has 2 rings (SSSR count). The molecule has 0 spiro atoms. The first-order valence-electron chi connectivity index (χ1n) is 5.53. The Labute approximate surface area is 92.2 Å². The van der Waals surface area contributed by atoms with Crippen LogP contribution in [-0.2, 0) is 5.41 Å². The smallest absolute Gasteiger partial charge is 0.0426 e. The molecule has 0 radical (unpaired) electrons. The summed E-state index contributed by atoms with van der Waals surface area (Å²) < 4.78 is 0. The van der Waals surface area contributed by atoms with Gasteiger partial charge in [-0.05, 0) is 37.0 Å². The van der Waals surface area contributed by atoms with Crippen LogP contribution in [0.2, 0.25) is 0 Å². The Bertz CT molecular complexity index is 417. The number of hydrogen-bond donors (Lipinski definition) is 1. The third-order valence-electron chi connectivity index (χ3n) is 3.80. The molecule has 0 fully saturated rings. The molecule has 0 saturated carbocycles. The third-order valence-corrected chi connectivity index (χ3v) is 3.80. The fourth-order valence-corrected chi connectivity index (χ4v) is 2.33. The number of hydrogen-bond acceptors (Lipinski definition) is 1. The molecule has 1 nitrogen and oxygen atoms in total. The molecule has 15 heavy (non-hydrogen) atoms. The molecule has 1 aliphatic heterocycles. The molecule has 1 N–H and O–H groups in total. The molecule has 1 atom stereocenters. The summed E-state index contributed by atoms with van der Waals surface area (Å²) in [6.07, 6.45) is 0. The van der Waals surface area contributed by atoms with Crippen LogP contribution in [0.3, 0.4) is 0 Å². The van der Waals surface area contributed by atoms with Gasteiger partial charge in [0.1, 0.15) is 0 Å². The largest absolute Gasteiger partial charge is 0.358 e. The van der Waals surface area contributed by atoms with Crippen LogP contribution in [-0.4, -0.2) is 0 Å². The Morgan fingerprint density at radius 3 is 2.60 bits per heavy atom. The van der Waals surface area contributed by atoms with Crippen LogP contribution >= 0.6 is 0 Å². The van der Waals surface area contributed by atoms with E-state index in [1.54, 1.807) is 0 Å². The summed E-state index contributed by atoms with van der Waals surface area (Å²) in [6.45, 7) is 13.1. The summed E-state index contributed by atoms with van der Waals surface area (Å²) in [5.41, 5.74) is 5.10. The molecule has 1 heterocycles. The van der Waals surface area contributed by atoms with E-state index in [-0.39, 0.29) is 5.41 Å². The van der Waals surface area contributed by atoms with Gasteiger partial charge in [-0.1, -0.05) is 32.6 Å². The van der Waals surface area contributed by atoms with E-state index in [0.717, 1.165) is 5.70 Å². The molecular weight excluding hydrogens is 182 g/mol. The molecule has 0 amide bonds. The molecule has 0 unspecified atom stereocenters. The highest BCUT2D eigenvalue weighted by Crippen LogP contribution is 2.47. The second kappa shape index (κ2) is 3.13. The Morgan fingerprint density at radius 1 is 1.33 bits per heavy atom. The van der Waals surface area contributed by atoms with Gasteiger partial charge in [0.15, 0.2) is 0 Å². The lowest BCUT2D eigenvalue weighted by Crippen LogP contribution is -2.28. The van der Waals surface area contributed by atoms with Crippen molar-refractivity contribution in [3.63, 3.8) is 0 Å². The van der Waals surface area contributed by atoms with Gasteiger partial charge in [-0.25, -0.2) is 0 Å². The SMILES string of the molecule is C=C1Nc2cc(C)ccc2[C@@]1(C)C(C)C. The molecule has 1 aromatic carbocycles. The number of nitrogens with one attached hydrogen (secondary N) is 1. The van der Waals surface area contributed by atoms with E-state index < -0.39 is 0 Å². The van der Waals surface area contributed by atoms with Crippen LogP contribution < -0.4 is 5.32 Å². The van der Waals surface area contributed by atoms with E-state index >= 15 is 0 Å². The lowest BCUT2D eigenvalue weighted by atomic mass is 9.73. The van der Waals surface area contributed by atoms with Crippen molar-refractivity contribution in [3.8, 4) is 0 Å². The van der Waals surface area contributed by atoms with Crippen molar-refractivity contribution < 1.29 is 0 Å². The van der Waals surface area contributed by atoms with Gasteiger partial charge in [0.25, 0.3) is 0 Å². The summed E-state index contributed by atoms with van der Waals surface area (Å²) in [7, 11) is 0. The molecule has 0 aromatic heterocycles. The van der Waals surface area contributed by atoms with Crippen molar-refractivity contribution in [2.24, 2.45) is 5.92 Å². The van der Waals surface area contributed by atoms with Crippen molar-refractivity contribution >= 4 is 5.69 Å². The van der Waals surface area contributed by atoms with Crippen molar-refractivity contribution in [2.45, 2.75) is 33.1 Å². The van der Waals surface area contributed by atoms with Crippen molar-refractivity contribution in [1.82, 2.24) is 0 Å². The van der Waals surface area contributed by atoms with Gasteiger partial charge in [-0.2, -0.15) is 0 Å². The van der Waals surface area contributed by atoms with E-state index in [4.69, 9.17) is 0 Å². The van der Waals surface area contributed by atoms with E-state index in [9.17, 15) is 0 Å². The minimum atomic E-state index is 0.0725. The standard InChI is InChI=1S/C14H19N/c1-9(2)14(5)11(4)15-13-8-10(3)6-7-12(13)14/h6-9,15H,4H2,1-3,5H3/t14-/m0/s1. The zero-order chi connectivity index (χ0) is 11.2. The van der Waals surface area contributed by atoms with Gasteiger partial charge >= 0.3 is 0 Å². The molecule has 0 saturated heterocycles. The van der Waals surface area contributed by atoms with E-state index in [1.165, 1.54) is 16.8 Å². The second-order valence-corrected chi connectivity index (χ2v) is 5.01. The molecular formula is C14H19N. The summed E-state index contributed by atoms with van der Waals surface area (Å²) >= 11 is 0. The Kier molecular flexibility index (Phi) is 2.14. The molecule has 0 bridgehead atoms. The number of aryl methyl sites for hydroxylation is 1. The van der Waals surface area contributed by atoms with Crippen molar-refractivity contribution in [2.75, 3.05) is 5.32 Å². The monoisotopic (exact) mass is 201 g/mol. The average Bonchev–Trinajstić information content (AvgIpc) is 2.39. The minimum absolute atomic E-state index is 0.0725. The van der Waals surface area contributed by atoms with Gasteiger partial charge in [0.2, 0.25) is 0 Å². The zero-order valence-corrected chi connectivity index (χ0v) is 10.0. The van der Waals surface area contributed by atoms with Crippen molar-refractivity contribution in [3.05, 3.63) is 41.6 Å². The second-order valence-electron chi connectivity index (χ2n) is 5.01.